The van der Waals surface area contributed by atoms with Gasteiger partial charge >= 0.3 is 5.69 Å². The van der Waals surface area contributed by atoms with Gasteiger partial charge in [0.05, 0.1) is 27.4 Å². The molecule has 22 heavy (non-hydrogen) atoms. The second-order valence-corrected chi connectivity index (χ2v) is 6.28. The minimum absolute atomic E-state index is 0.0920. The van der Waals surface area contributed by atoms with Crippen LogP contribution in [0.1, 0.15) is 9.88 Å². The lowest BCUT2D eigenvalue weighted by molar-refractivity contribution is -0.382. The third kappa shape index (κ3) is 2.62. The molecule has 0 N–H and O–H groups in total. The van der Waals surface area contributed by atoms with Crippen LogP contribution in [0.5, 0.6) is 0 Å². The average Bonchev–Trinajstić information content (AvgIpc) is 2.90. The van der Waals surface area contributed by atoms with E-state index < -0.39 is 0 Å². The van der Waals surface area contributed by atoms with Crippen molar-refractivity contribution in [2.45, 2.75) is 13.5 Å². The molecule has 0 spiro atoms. The Hall–Kier alpha value is -2.54. The van der Waals surface area contributed by atoms with Crippen molar-refractivity contribution in [1.82, 2.24) is 9.97 Å². The predicted octanol–water partition coefficient (Wildman–Crippen LogP) is 3.54. The van der Waals surface area contributed by atoms with E-state index in [0.29, 0.717) is 23.1 Å². The first-order valence-electron chi connectivity index (χ1n) is 6.71. The summed E-state index contributed by atoms with van der Waals surface area (Å²) in [5, 5.41) is 13.1. The molecule has 0 saturated heterocycles. The van der Waals surface area contributed by atoms with Crippen LogP contribution in [-0.2, 0) is 6.54 Å². The molecular weight excluding hydrogens is 300 g/mol. The molecule has 0 unspecified atom stereocenters. The molecule has 0 aliphatic heterocycles. The summed E-state index contributed by atoms with van der Waals surface area (Å²) in [4.78, 5) is 22.5. The summed E-state index contributed by atoms with van der Waals surface area (Å²) < 4.78 is 0. The Morgan fingerprint density at radius 3 is 2.82 bits per heavy atom. The number of hydrogen-bond donors (Lipinski definition) is 0. The first kappa shape index (κ1) is 14.4. The van der Waals surface area contributed by atoms with Crippen LogP contribution in [0.15, 0.2) is 36.7 Å². The minimum atomic E-state index is -0.340. The van der Waals surface area contributed by atoms with E-state index in [1.807, 2.05) is 31.1 Å². The average molecular weight is 314 g/mol. The van der Waals surface area contributed by atoms with Gasteiger partial charge in [0, 0.05) is 24.3 Å². The van der Waals surface area contributed by atoms with E-state index in [1.54, 1.807) is 35.7 Å². The number of rotatable bonds is 4. The van der Waals surface area contributed by atoms with Gasteiger partial charge < -0.3 is 4.90 Å². The van der Waals surface area contributed by atoms with Crippen molar-refractivity contribution in [1.29, 1.82) is 0 Å². The summed E-state index contributed by atoms with van der Waals surface area (Å²) in [7, 11) is 1.85. The van der Waals surface area contributed by atoms with Crippen LogP contribution in [0.2, 0.25) is 0 Å². The summed E-state index contributed by atoms with van der Waals surface area (Å²) in [6.45, 7) is 2.52. The number of anilines is 1. The van der Waals surface area contributed by atoms with Crippen molar-refractivity contribution in [3.8, 4) is 0 Å². The lowest BCUT2D eigenvalue weighted by Crippen LogP contribution is -2.17. The van der Waals surface area contributed by atoms with E-state index in [9.17, 15) is 10.1 Å². The molecule has 0 aliphatic rings. The number of nitro benzene ring substituents is 1. The van der Waals surface area contributed by atoms with Crippen molar-refractivity contribution in [2.75, 3.05) is 11.9 Å². The van der Waals surface area contributed by atoms with Crippen LogP contribution in [0, 0.1) is 17.0 Å². The highest BCUT2D eigenvalue weighted by atomic mass is 32.1. The first-order chi connectivity index (χ1) is 10.6. The third-order valence-corrected chi connectivity index (χ3v) is 4.29. The molecule has 3 aromatic rings. The number of fused-ring (bicyclic) bond motifs is 1. The molecule has 0 atom stereocenters. The topological polar surface area (TPSA) is 72.2 Å². The van der Waals surface area contributed by atoms with E-state index in [1.165, 1.54) is 0 Å². The zero-order valence-corrected chi connectivity index (χ0v) is 13.0. The number of benzene rings is 1. The van der Waals surface area contributed by atoms with Crippen LogP contribution >= 0.6 is 11.3 Å². The third-order valence-electron chi connectivity index (χ3n) is 3.39. The molecule has 0 saturated carbocycles. The summed E-state index contributed by atoms with van der Waals surface area (Å²) in [5.74, 6) is 0. The fraction of sp³-hybridized carbons (Fsp3) is 0.200. The quantitative estimate of drug-likeness (QED) is 0.544. The van der Waals surface area contributed by atoms with Gasteiger partial charge in [0.25, 0.3) is 0 Å². The molecule has 2 heterocycles. The molecule has 0 fully saturated rings. The normalized spacial score (nSPS) is 10.8. The largest absolute Gasteiger partial charge is 0.364 e. The molecule has 0 radical (unpaired) electrons. The standard InChI is InChI=1S/C15H14N4O2S/c1-10-17-8-11(22-10)9-18(2)14-6-5-13-12(4-3-7-16-13)15(14)19(20)21/h3-8H,9H2,1-2H3. The van der Waals surface area contributed by atoms with Gasteiger partial charge in [-0.25, -0.2) is 4.98 Å². The summed E-state index contributed by atoms with van der Waals surface area (Å²) in [6.07, 6.45) is 3.44. The molecule has 6 nitrogen and oxygen atoms in total. The molecule has 0 aliphatic carbocycles. The van der Waals surface area contributed by atoms with E-state index in [4.69, 9.17) is 0 Å². The van der Waals surface area contributed by atoms with E-state index in [-0.39, 0.29) is 10.6 Å². The molecule has 112 valence electrons. The van der Waals surface area contributed by atoms with Crippen molar-refractivity contribution in [3.05, 3.63) is 56.7 Å². The maximum atomic E-state index is 11.5. The van der Waals surface area contributed by atoms with Gasteiger partial charge in [-0.3, -0.25) is 15.1 Å². The van der Waals surface area contributed by atoms with Crippen LogP contribution in [0.3, 0.4) is 0 Å². The number of pyridine rings is 1. The maximum Gasteiger partial charge on any atom is 0.301 e. The SMILES string of the molecule is Cc1ncc(CN(C)c2ccc3ncccc3c2[N+](=O)[O-])s1. The molecule has 1 aromatic carbocycles. The van der Waals surface area contributed by atoms with Crippen LogP contribution < -0.4 is 4.90 Å². The zero-order valence-electron chi connectivity index (χ0n) is 12.2. The number of aromatic nitrogens is 2. The summed E-state index contributed by atoms with van der Waals surface area (Å²) in [6, 6.07) is 7.01. The van der Waals surface area contributed by atoms with Crippen molar-refractivity contribution >= 4 is 33.6 Å². The zero-order chi connectivity index (χ0) is 15.7. The monoisotopic (exact) mass is 314 g/mol. The highest BCUT2D eigenvalue weighted by molar-refractivity contribution is 7.11. The molecule has 7 heteroatoms. The summed E-state index contributed by atoms with van der Waals surface area (Å²) >= 11 is 1.59. The Bertz CT molecular complexity index is 846. The lowest BCUT2D eigenvalue weighted by atomic mass is 10.1. The van der Waals surface area contributed by atoms with Crippen molar-refractivity contribution in [3.63, 3.8) is 0 Å². The number of nitrogens with zero attached hydrogens (tertiary/aromatic N) is 4. The van der Waals surface area contributed by atoms with E-state index in [2.05, 4.69) is 9.97 Å². The maximum absolute atomic E-state index is 11.5. The van der Waals surface area contributed by atoms with Gasteiger partial charge in [-0.2, -0.15) is 0 Å². The highest BCUT2D eigenvalue weighted by Gasteiger charge is 2.21. The van der Waals surface area contributed by atoms with Crippen LogP contribution in [0.25, 0.3) is 10.9 Å². The van der Waals surface area contributed by atoms with Gasteiger partial charge in [-0.05, 0) is 31.2 Å². The minimum Gasteiger partial charge on any atom is -0.364 e. The molecule has 2 aromatic heterocycles. The van der Waals surface area contributed by atoms with Crippen LogP contribution in [0.4, 0.5) is 11.4 Å². The van der Waals surface area contributed by atoms with Crippen molar-refractivity contribution < 1.29 is 4.92 Å². The second-order valence-electron chi connectivity index (χ2n) is 4.96. The molecular formula is C15H14N4O2S. The highest BCUT2D eigenvalue weighted by Crippen LogP contribution is 2.35. The summed E-state index contributed by atoms with van der Waals surface area (Å²) in [5.41, 5.74) is 1.30. The van der Waals surface area contributed by atoms with E-state index >= 15 is 0 Å². The van der Waals surface area contributed by atoms with Gasteiger partial charge in [-0.15, -0.1) is 11.3 Å². The molecule has 3 rings (SSSR count). The fourth-order valence-corrected chi connectivity index (χ4v) is 3.27. The lowest BCUT2D eigenvalue weighted by Gasteiger charge is -2.18. The van der Waals surface area contributed by atoms with Gasteiger partial charge in [0.15, 0.2) is 0 Å². The van der Waals surface area contributed by atoms with Crippen LogP contribution in [-0.4, -0.2) is 21.9 Å². The van der Waals surface area contributed by atoms with Gasteiger partial charge in [0.1, 0.15) is 5.69 Å². The van der Waals surface area contributed by atoms with Gasteiger partial charge in [-0.1, -0.05) is 0 Å². The second kappa shape index (κ2) is 5.69. The first-order valence-corrected chi connectivity index (χ1v) is 7.52. The number of nitro groups is 1. The Kier molecular flexibility index (Phi) is 3.72. The van der Waals surface area contributed by atoms with E-state index in [0.717, 1.165) is 9.88 Å². The number of hydrogen-bond acceptors (Lipinski definition) is 6. The Labute approximate surface area is 131 Å². The smallest absolute Gasteiger partial charge is 0.301 e. The van der Waals surface area contributed by atoms with Crippen molar-refractivity contribution in [2.24, 2.45) is 0 Å². The predicted molar refractivity (Wildman–Crippen MR) is 87.4 cm³/mol. The fourth-order valence-electron chi connectivity index (χ4n) is 2.42. The Balaban J connectivity index is 2.05. The number of thiazole rings is 1. The Morgan fingerprint density at radius 1 is 1.32 bits per heavy atom. The Morgan fingerprint density at radius 2 is 2.14 bits per heavy atom. The number of aryl methyl sites for hydroxylation is 1. The molecule has 0 amide bonds. The molecule has 0 bridgehead atoms. The van der Waals surface area contributed by atoms with Gasteiger partial charge in [0.2, 0.25) is 0 Å².